The number of hydrogen-bond donors (Lipinski definition) is 1. The number of benzene rings is 1. The first kappa shape index (κ1) is 13.3. The molecule has 1 aromatic carbocycles. The van der Waals surface area contributed by atoms with Crippen molar-refractivity contribution in [3.8, 4) is 0 Å². The van der Waals surface area contributed by atoms with Crippen molar-refractivity contribution in [3.63, 3.8) is 0 Å². The van der Waals surface area contributed by atoms with Crippen LogP contribution in [-0.2, 0) is 4.74 Å². The van der Waals surface area contributed by atoms with E-state index in [2.05, 4.69) is 10.1 Å². The zero-order valence-corrected chi connectivity index (χ0v) is 11.4. The largest absolute Gasteiger partial charge is 0.381 e. The lowest BCUT2D eigenvalue weighted by Crippen LogP contribution is -2.17. The van der Waals surface area contributed by atoms with Crippen LogP contribution in [-0.4, -0.2) is 29.9 Å². The Balaban J connectivity index is 1.81. The van der Waals surface area contributed by atoms with Crippen LogP contribution in [0.15, 0.2) is 34.9 Å². The molecule has 2 unspecified atom stereocenters. The minimum atomic E-state index is -0.0399. The minimum absolute atomic E-state index is 0.0399. The topological polar surface area (TPSA) is 74.2 Å². The lowest BCUT2D eigenvalue weighted by atomic mass is 9.99. The molecule has 0 bridgehead atoms. The third-order valence-corrected chi connectivity index (χ3v) is 3.72. The molecule has 2 N–H and O–H groups in total. The second kappa shape index (κ2) is 6.15. The Bertz CT molecular complexity index is 535. The highest BCUT2D eigenvalue weighted by molar-refractivity contribution is 5.25. The zero-order chi connectivity index (χ0) is 13.8. The summed E-state index contributed by atoms with van der Waals surface area (Å²) in [7, 11) is 0. The third-order valence-electron chi connectivity index (χ3n) is 3.72. The van der Waals surface area contributed by atoms with Crippen molar-refractivity contribution >= 4 is 0 Å². The van der Waals surface area contributed by atoms with Crippen molar-refractivity contribution in [3.05, 3.63) is 47.6 Å². The smallest absolute Gasteiger partial charge is 0.235 e. The van der Waals surface area contributed by atoms with Crippen LogP contribution in [0, 0.1) is 0 Å². The maximum atomic E-state index is 5.87. The Morgan fingerprint density at radius 3 is 2.85 bits per heavy atom. The summed E-state index contributed by atoms with van der Waals surface area (Å²) >= 11 is 0. The molecular weight excluding hydrogens is 254 g/mol. The summed E-state index contributed by atoms with van der Waals surface area (Å²) in [4.78, 5) is 4.54. The van der Waals surface area contributed by atoms with Crippen molar-refractivity contribution in [2.75, 3.05) is 19.8 Å². The van der Waals surface area contributed by atoms with Crippen molar-refractivity contribution in [2.24, 2.45) is 5.73 Å². The average Bonchev–Trinajstić information content (AvgIpc) is 3.00. The summed E-state index contributed by atoms with van der Waals surface area (Å²) in [5.74, 6) is 1.55. The number of hydrogen-bond acceptors (Lipinski definition) is 5. The molecule has 5 heteroatoms. The SMILES string of the molecule is NCC(c1ccccc1)c1nc(C2CCCOC2)no1. The molecule has 5 nitrogen and oxygen atoms in total. The molecule has 0 amide bonds. The fourth-order valence-electron chi connectivity index (χ4n) is 2.56. The van der Waals surface area contributed by atoms with Gasteiger partial charge in [-0.1, -0.05) is 35.5 Å². The van der Waals surface area contributed by atoms with Crippen LogP contribution in [0.25, 0.3) is 0 Å². The summed E-state index contributed by atoms with van der Waals surface area (Å²) in [6.45, 7) is 1.96. The Labute approximate surface area is 118 Å². The van der Waals surface area contributed by atoms with Gasteiger partial charge in [-0.25, -0.2) is 0 Å². The van der Waals surface area contributed by atoms with E-state index in [1.807, 2.05) is 30.3 Å². The average molecular weight is 273 g/mol. The van der Waals surface area contributed by atoms with Crippen LogP contribution >= 0.6 is 0 Å². The standard InChI is InChI=1S/C15H19N3O2/c16-9-13(11-5-2-1-3-6-11)15-17-14(18-20-15)12-7-4-8-19-10-12/h1-3,5-6,12-13H,4,7-10,16H2. The maximum absolute atomic E-state index is 5.87. The molecule has 0 aliphatic carbocycles. The predicted molar refractivity (Wildman–Crippen MR) is 74.4 cm³/mol. The van der Waals surface area contributed by atoms with Gasteiger partial charge in [0.25, 0.3) is 0 Å². The van der Waals surface area contributed by atoms with Gasteiger partial charge in [-0.05, 0) is 18.4 Å². The van der Waals surface area contributed by atoms with Gasteiger partial charge >= 0.3 is 0 Å². The summed E-state index contributed by atoms with van der Waals surface area (Å²) < 4.78 is 10.9. The van der Waals surface area contributed by atoms with Crippen LogP contribution in [0.3, 0.4) is 0 Å². The second-order valence-electron chi connectivity index (χ2n) is 5.10. The highest BCUT2D eigenvalue weighted by Gasteiger charge is 2.25. The summed E-state index contributed by atoms with van der Waals surface area (Å²) in [5.41, 5.74) is 6.97. The lowest BCUT2D eigenvalue weighted by Gasteiger charge is -2.18. The Morgan fingerprint density at radius 2 is 2.15 bits per heavy atom. The number of ether oxygens (including phenoxy) is 1. The van der Waals surface area contributed by atoms with E-state index < -0.39 is 0 Å². The maximum Gasteiger partial charge on any atom is 0.235 e. The molecule has 1 aliphatic heterocycles. The van der Waals surface area contributed by atoms with Gasteiger partial charge in [-0.15, -0.1) is 0 Å². The van der Waals surface area contributed by atoms with E-state index in [1.165, 1.54) is 0 Å². The van der Waals surface area contributed by atoms with E-state index in [-0.39, 0.29) is 11.8 Å². The summed E-state index contributed by atoms with van der Waals surface area (Å²) in [6.07, 6.45) is 2.10. The molecule has 106 valence electrons. The molecule has 1 aliphatic rings. The first-order chi connectivity index (χ1) is 9.88. The second-order valence-corrected chi connectivity index (χ2v) is 5.10. The number of rotatable bonds is 4. The molecule has 2 aromatic rings. The number of nitrogens with zero attached hydrogens (tertiary/aromatic N) is 2. The highest BCUT2D eigenvalue weighted by Crippen LogP contribution is 2.26. The third kappa shape index (κ3) is 2.73. The summed E-state index contributed by atoms with van der Waals surface area (Å²) in [5, 5.41) is 4.11. The van der Waals surface area contributed by atoms with Gasteiger partial charge in [0, 0.05) is 19.1 Å². The molecule has 3 rings (SSSR count). The lowest BCUT2D eigenvalue weighted by molar-refractivity contribution is 0.0773. The molecule has 2 heterocycles. The van der Waals surface area contributed by atoms with Crippen molar-refractivity contribution in [2.45, 2.75) is 24.7 Å². The Kier molecular flexibility index (Phi) is 4.08. The van der Waals surface area contributed by atoms with Gasteiger partial charge in [-0.2, -0.15) is 4.98 Å². The molecule has 0 saturated carbocycles. The highest BCUT2D eigenvalue weighted by atomic mass is 16.5. The molecule has 0 spiro atoms. The van der Waals surface area contributed by atoms with Crippen LogP contribution in [0.5, 0.6) is 0 Å². The van der Waals surface area contributed by atoms with Crippen LogP contribution in [0.4, 0.5) is 0 Å². The number of nitrogens with two attached hydrogens (primary N) is 1. The zero-order valence-electron chi connectivity index (χ0n) is 11.4. The van der Waals surface area contributed by atoms with Gasteiger partial charge in [0.1, 0.15) is 0 Å². The monoisotopic (exact) mass is 273 g/mol. The van der Waals surface area contributed by atoms with E-state index in [9.17, 15) is 0 Å². The van der Waals surface area contributed by atoms with Gasteiger partial charge in [0.2, 0.25) is 5.89 Å². The van der Waals surface area contributed by atoms with Crippen molar-refractivity contribution in [1.82, 2.24) is 10.1 Å². The van der Waals surface area contributed by atoms with E-state index in [4.69, 9.17) is 15.0 Å². The van der Waals surface area contributed by atoms with Gasteiger partial charge < -0.3 is 15.0 Å². The first-order valence-corrected chi connectivity index (χ1v) is 7.04. The Hall–Kier alpha value is -1.72. The normalized spacial score (nSPS) is 20.8. The van der Waals surface area contributed by atoms with E-state index in [0.717, 1.165) is 30.8 Å². The Morgan fingerprint density at radius 1 is 1.30 bits per heavy atom. The van der Waals surface area contributed by atoms with E-state index >= 15 is 0 Å². The van der Waals surface area contributed by atoms with Gasteiger partial charge in [0.05, 0.1) is 12.5 Å². The van der Waals surface area contributed by atoms with Crippen LogP contribution in [0.1, 0.15) is 42.0 Å². The van der Waals surface area contributed by atoms with Gasteiger partial charge in [0.15, 0.2) is 5.82 Å². The molecule has 1 saturated heterocycles. The molecule has 2 atom stereocenters. The van der Waals surface area contributed by atoms with Crippen molar-refractivity contribution in [1.29, 1.82) is 0 Å². The molecule has 20 heavy (non-hydrogen) atoms. The quantitative estimate of drug-likeness (QED) is 0.923. The molecule has 1 fully saturated rings. The summed E-state index contributed by atoms with van der Waals surface area (Å²) in [6, 6.07) is 10.0. The first-order valence-electron chi connectivity index (χ1n) is 7.04. The molecule has 1 aromatic heterocycles. The van der Waals surface area contributed by atoms with Gasteiger partial charge in [-0.3, -0.25) is 0 Å². The predicted octanol–water partition coefficient (Wildman–Crippen LogP) is 2.05. The molecular formula is C15H19N3O2. The van der Waals surface area contributed by atoms with E-state index in [1.54, 1.807) is 0 Å². The number of aromatic nitrogens is 2. The fraction of sp³-hybridized carbons (Fsp3) is 0.467. The minimum Gasteiger partial charge on any atom is -0.381 e. The van der Waals surface area contributed by atoms with Crippen LogP contribution in [0.2, 0.25) is 0 Å². The van der Waals surface area contributed by atoms with Crippen LogP contribution < -0.4 is 5.73 Å². The fourth-order valence-corrected chi connectivity index (χ4v) is 2.56. The molecule has 0 radical (unpaired) electrons. The van der Waals surface area contributed by atoms with Crippen molar-refractivity contribution < 1.29 is 9.26 Å². The van der Waals surface area contributed by atoms with E-state index in [0.29, 0.717) is 19.0 Å².